The van der Waals surface area contributed by atoms with Gasteiger partial charge in [0, 0.05) is 18.0 Å². The van der Waals surface area contributed by atoms with E-state index < -0.39 is 6.61 Å². The number of unbranched alkanes of at least 4 members (excludes halogenated alkanes) is 4. The summed E-state index contributed by atoms with van der Waals surface area (Å²) in [4.78, 5) is 9.02. The molecule has 0 spiro atoms. The van der Waals surface area contributed by atoms with Gasteiger partial charge in [0.05, 0.1) is 0 Å². The van der Waals surface area contributed by atoms with Crippen molar-refractivity contribution in [3.8, 4) is 17.1 Å². The standard InChI is InChI=1S/C24H32F2N2O/c1-2-3-4-5-6-7-18-8-10-19(11-9-18)21-16-27-23(28-17-21)20-12-14-22(15-13-20)29-24(25)26/h12-19,24H,2-11H2,1H3. The van der Waals surface area contributed by atoms with Crippen molar-refractivity contribution in [2.45, 2.75) is 83.7 Å². The molecule has 3 nitrogen and oxygen atoms in total. The lowest BCUT2D eigenvalue weighted by Crippen LogP contribution is -2.14. The number of rotatable bonds is 10. The van der Waals surface area contributed by atoms with Crippen LogP contribution in [-0.2, 0) is 0 Å². The topological polar surface area (TPSA) is 35.0 Å². The van der Waals surface area contributed by atoms with Crippen molar-refractivity contribution in [2.24, 2.45) is 5.92 Å². The van der Waals surface area contributed by atoms with E-state index in [0.717, 1.165) is 11.5 Å². The van der Waals surface area contributed by atoms with Crippen LogP contribution in [-0.4, -0.2) is 16.6 Å². The molecule has 158 valence electrons. The Hall–Kier alpha value is -2.04. The first-order chi connectivity index (χ1) is 14.2. The summed E-state index contributed by atoms with van der Waals surface area (Å²) in [5, 5.41) is 0. The van der Waals surface area contributed by atoms with Crippen LogP contribution >= 0.6 is 0 Å². The van der Waals surface area contributed by atoms with Crippen molar-refractivity contribution in [1.82, 2.24) is 9.97 Å². The third kappa shape index (κ3) is 6.76. The third-order valence-corrected chi connectivity index (χ3v) is 6.04. The molecule has 1 saturated carbocycles. The number of benzene rings is 1. The minimum Gasteiger partial charge on any atom is -0.435 e. The van der Waals surface area contributed by atoms with Gasteiger partial charge in [0.2, 0.25) is 0 Å². The molecular formula is C24H32F2N2O. The maximum Gasteiger partial charge on any atom is 0.387 e. The molecule has 0 bridgehead atoms. The summed E-state index contributed by atoms with van der Waals surface area (Å²) in [6, 6.07) is 6.45. The van der Waals surface area contributed by atoms with Gasteiger partial charge in [-0.15, -0.1) is 0 Å². The SMILES string of the molecule is CCCCCCCC1CCC(c2cnc(-c3ccc(OC(F)F)cc3)nc2)CC1. The highest BCUT2D eigenvalue weighted by Gasteiger charge is 2.22. The minimum atomic E-state index is -2.81. The average Bonchev–Trinajstić information content (AvgIpc) is 2.74. The predicted molar refractivity (Wildman–Crippen MR) is 112 cm³/mol. The summed E-state index contributed by atoms with van der Waals surface area (Å²) in [7, 11) is 0. The number of alkyl halides is 2. The van der Waals surface area contributed by atoms with Crippen molar-refractivity contribution in [1.29, 1.82) is 0 Å². The van der Waals surface area contributed by atoms with Crippen LogP contribution in [0.15, 0.2) is 36.7 Å². The Bertz CT molecular complexity index is 711. The predicted octanol–water partition coefficient (Wildman–Crippen LogP) is 7.38. The fraction of sp³-hybridized carbons (Fsp3) is 0.583. The molecular weight excluding hydrogens is 370 g/mol. The molecule has 1 heterocycles. The molecule has 29 heavy (non-hydrogen) atoms. The Kier molecular flexibility index (Phi) is 8.38. The quantitative estimate of drug-likeness (QED) is 0.389. The first-order valence-electron chi connectivity index (χ1n) is 11.0. The van der Waals surface area contributed by atoms with Crippen LogP contribution in [0.5, 0.6) is 5.75 Å². The highest BCUT2D eigenvalue weighted by molar-refractivity contribution is 5.56. The average molecular weight is 403 g/mol. The Morgan fingerprint density at radius 3 is 2.21 bits per heavy atom. The fourth-order valence-electron chi connectivity index (χ4n) is 4.30. The van der Waals surface area contributed by atoms with Crippen LogP contribution in [0.2, 0.25) is 0 Å². The van der Waals surface area contributed by atoms with Crippen molar-refractivity contribution in [3.05, 3.63) is 42.2 Å². The van der Waals surface area contributed by atoms with E-state index in [2.05, 4.69) is 21.6 Å². The Balaban J connectivity index is 1.47. The Morgan fingerprint density at radius 2 is 1.59 bits per heavy atom. The van der Waals surface area contributed by atoms with Gasteiger partial charge in [-0.05, 0) is 67.3 Å². The molecule has 1 aliphatic rings. The van der Waals surface area contributed by atoms with E-state index in [1.807, 2.05) is 12.4 Å². The highest BCUT2D eigenvalue weighted by atomic mass is 19.3. The lowest BCUT2D eigenvalue weighted by atomic mass is 9.77. The molecule has 1 aliphatic carbocycles. The van der Waals surface area contributed by atoms with Gasteiger partial charge >= 0.3 is 6.61 Å². The van der Waals surface area contributed by atoms with E-state index in [1.54, 1.807) is 12.1 Å². The summed E-state index contributed by atoms with van der Waals surface area (Å²) in [6.45, 7) is -0.550. The highest BCUT2D eigenvalue weighted by Crippen LogP contribution is 2.37. The molecule has 0 saturated heterocycles. The molecule has 0 radical (unpaired) electrons. The van der Waals surface area contributed by atoms with Gasteiger partial charge < -0.3 is 4.74 Å². The molecule has 0 unspecified atom stereocenters. The van der Waals surface area contributed by atoms with Gasteiger partial charge in [-0.3, -0.25) is 0 Å². The van der Waals surface area contributed by atoms with Crippen LogP contribution in [0.4, 0.5) is 8.78 Å². The molecule has 1 aromatic heterocycles. The molecule has 0 amide bonds. The van der Waals surface area contributed by atoms with Crippen molar-refractivity contribution in [3.63, 3.8) is 0 Å². The van der Waals surface area contributed by atoms with E-state index in [-0.39, 0.29) is 5.75 Å². The molecule has 0 N–H and O–H groups in total. The number of hydrogen-bond donors (Lipinski definition) is 0. The number of aromatic nitrogens is 2. The van der Waals surface area contributed by atoms with Crippen LogP contribution in [0.1, 0.15) is 82.6 Å². The van der Waals surface area contributed by atoms with E-state index in [0.29, 0.717) is 11.7 Å². The maximum atomic E-state index is 12.2. The normalized spacial score (nSPS) is 19.4. The number of hydrogen-bond acceptors (Lipinski definition) is 3. The van der Waals surface area contributed by atoms with Gasteiger partial charge in [0.15, 0.2) is 5.82 Å². The van der Waals surface area contributed by atoms with Gasteiger partial charge in [0.1, 0.15) is 5.75 Å². The molecule has 1 fully saturated rings. The Morgan fingerprint density at radius 1 is 0.931 bits per heavy atom. The lowest BCUT2D eigenvalue weighted by Gasteiger charge is -2.28. The summed E-state index contributed by atoms with van der Waals surface area (Å²) in [6.07, 6.45) is 17.2. The second-order valence-corrected chi connectivity index (χ2v) is 8.16. The summed E-state index contributed by atoms with van der Waals surface area (Å²) in [5.74, 6) is 2.20. The monoisotopic (exact) mass is 402 g/mol. The molecule has 0 atom stereocenters. The zero-order valence-electron chi connectivity index (χ0n) is 17.3. The minimum absolute atomic E-state index is 0.141. The first-order valence-corrected chi connectivity index (χ1v) is 11.0. The number of halogens is 2. The fourth-order valence-corrected chi connectivity index (χ4v) is 4.30. The number of ether oxygens (including phenoxy) is 1. The Labute approximate surface area is 172 Å². The van der Waals surface area contributed by atoms with Crippen molar-refractivity contribution < 1.29 is 13.5 Å². The molecule has 3 rings (SSSR count). The van der Waals surface area contributed by atoms with E-state index >= 15 is 0 Å². The summed E-state index contributed by atoms with van der Waals surface area (Å²) >= 11 is 0. The molecule has 5 heteroatoms. The smallest absolute Gasteiger partial charge is 0.387 e. The lowest BCUT2D eigenvalue weighted by molar-refractivity contribution is -0.0498. The van der Waals surface area contributed by atoms with Gasteiger partial charge in [-0.2, -0.15) is 8.78 Å². The van der Waals surface area contributed by atoms with E-state index in [9.17, 15) is 8.78 Å². The zero-order valence-corrected chi connectivity index (χ0v) is 17.3. The van der Waals surface area contributed by atoms with Crippen molar-refractivity contribution >= 4 is 0 Å². The zero-order chi connectivity index (χ0) is 20.5. The first kappa shape index (κ1) is 21.7. The molecule has 1 aromatic carbocycles. The van der Waals surface area contributed by atoms with Crippen LogP contribution in [0.25, 0.3) is 11.4 Å². The second-order valence-electron chi connectivity index (χ2n) is 8.16. The van der Waals surface area contributed by atoms with Gasteiger partial charge in [-0.25, -0.2) is 9.97 Å². The summed E-state index contributed by atoms with van der Waals surface area (Å²) in [5.41, 5.74) is 2.01. The van der Waals surface area contributed by atoms with Crippen molar-refractivity contribution in [2.75, 3.05) is 0 Å². The molecule has 0 aliphatic heterocycles. The van der Waals surface area contributed by atoms with E-state index in [4.69, 9.17) is 0 Å². The molecule has 2 aromatic rings. The van der Waals surface area contributed by atoms with Gasteiger partial charge in [-0.1, -0.05) is 45.4 Å². The van der Waals surface area contributed by atoms with Crippen LogP contribution in [0.3, 0.4) is 0 Å². The third-order valence-electron chi connectivity index (χ3n) is 6.04. The van der Waals surface area contributed by atoms with Gasteiger partial charge in [0.25, 0.3) is 0 Å². The second kappa shape index (κ2) is 11.2. The summed E-state index contributed by atoms with van der Waals surface area (Å²) < 4.78 is 28.9. The van der Waals surface area contributed by atoms with E-state index in [1.165, 1.54) is 81.9 Å². The maximum absolute atomic E-state index is 12.2. The van der Waals surface area contributed by atoms with Crippen LogP contribution in [0, 0.1) is 5.92 Å². The van der Waals surface area contributed by atoms with Crippen LogP contribution < -0.4 is 4.74 Å². The number of nitrogens with zero attached hydrogens (tertiary/aromatic N) is 2. The largest absolute Gasteiger partial charge is 0.435 e.